The lowest BCUT2D eigenvalue weighted by Crippen LogP contribution is -2.24. The second kappa shape index (κ2) is 7.79. The van der Waals surface area contributed by atoms with Gasteiger partial charge < -0.3 is 14.7 Å². The van der Waals surface area contributed by atoms with E-state index < -0.39 is 0 Å². The Hall–Kier alpha value is -1.46. The Morgan fingerprint density at radius 3 is 2.67 bits per heavy atom. The number of anilines is 2. The highest BCUT2D eigenvalue weighted by Gasteiger charge is 2.08. The third-order valence-corrected chi connectivity index (χ3v) is 2.89. The molecule has 0 saturated heterocycles. The van der Waals surface area contributed by atoms with Crippen LogP contribution in [0.2, 0.25) is 0 Å². The van der Waals surface area contributed by atoms with Crippen LogP contribution >= 0.6 is 0 Å². The van der Waals surface area contributed by atoms with Gasteiger partial charge in [-0.05, 0) is 31.9 Å². The maximum absolute atomic E-state index is 8.94. The number of hydrogen-bond acceptors (Lipinski definition) is 5. The first-order valence-corrected chi connectivity index (χ1v) is 6.20. The van der Waals surface area contributed by atoms with Crippen molar-refractivity contribution in [3.63, 3.8) is 0 Å². The number of aliphatic hydroxyl groups excluding tert-OH is 1. The Labute approximate surface area is 108 Å². The van der Waals surface area contributed by atoms with E-state index >= 15 is 0 Å². The highest BCUT2D eigenvalue weighted by molar-refractivity contribution is 5.63. The molecule has 0 amide bonds. The Morgan fingerprint density at radius 1 is 1.33 bits per heavy atom. The number of aliphatic hydroxyl groups is 1. The molecule has 0 saturated carbocycles. The van der Waals surface area contributed by atoms with Gasteiger partial charge in [-0.3, -0.25) is 10.7 Å². The van der Waals surface area contributed by atoms with Gasteiger partial charge in [-0.15, -0.1) is 0 Å². The molecule has 0 heterocycles. The molecule has 0 aliphatic carbocycles. The first kappa shape index (κ1) is 14.6. The van der Waals surface area contributed by atoms with Crippen molar-refractivity contribution in [1.29, 1.82) is 0 Å². The smallest absolute Gasteiger partial charge is 0.146 e. The van der Waals surface area contributed by atoms with Crippen LogP contribution in [0.5, 0.6) is 5.75 Å². The number of nitrogens with zero attached hydrogens (tertiary/aromatic N) is 1. The summed E-state index contributed by atoms with van der Waals surface area (Å²) in [5.41, 5.74) is 3.70. The van der Waals surface area contributed by atoms with E-state index in [2.05, 4.69) is 17.3 Å². The molecule has 5 nitrogen and oxygen atoms in total. The maximum Gasteiger partial charge on any atom is 0.146 e. The Kier molecular flexibility index (Phi) is 6.32. The second-order valence-electron chi connectivity index (χ2n) is 4.01. The molecule has 1 aromatic carbocycles. The molecular formula is C13H22N2O3. The van der Waals surface area contributed by atoms with Crippen molar-refractivity contribution >= 4 is 11.4 Å². The van der Waals surface area contributed by atoms with Crippen LogP contribution in [-0.2, 0) is 0 Å². The van der Waals surface area contributed by atoms with Crippen molar-refractivity contribution in [3.8, 4) is 5.75 Å². The van der Waals surface area contributed by atoms with Crippen molar-refractivity contribution < 1.29 is 15.1 Å². The Bertz CT molecular complexity index is 358. The predicted octanol–water partition coefficient (Wildman–Crippen LogP) is 2.10. The van der Waals surface area contributed by atoms with Gasteiger partial charge >= 0.3 is 0 Å². The Balaban J connectivity index is 2.79. The molecule has 3 N–H and O–H groups in total. The molecule has 1 rings (SSSR count). The van der Waals surface area contributed by atoms with E-state index in [1.165, 1.54) is 0 Å². The van der Waals surface area contributed by atoms with E-state index in [4.69, 9.17) is 15.1 Å². The van der Waals surface area contributed by atoms with Crippen LogP contribution < -0.4 is 15.1 Å². The number of nitrogens with one attached hydrogen (secondary N) is 1. The highest BCUT2D eigenvalue weighted by atomic mass is 16.5. The predicted molar refractivity (Wildman–Crippen MR) is 72.6 cm³/mol. The zero-order valence-electron chi connectivity index (χ0n) is 11.0. The average molecular weight is 254 g/mol. The molecule has 0 radical (unpaired) electrons. The number of benzene rings is 1. The zero-order valence-corrected chi connectivity index (χ0v) is 11.0. The van der Waals surface area contributed by atoms with Gasteiger partial charge in [0.05, 0.1) is 7.11 Å². The van der Waals surface area contributed by atoms with E-state index in [0.717, 1.165) is 31.6 Å². The topological polar surface area (TPSA) is 65.0 Å². The molecule has 0 bridgehead atoms. The number of ether oxygens (including phenoxy) is 1. The zero-order chi connectivity index (χ0) is 13.4. The molecule has 0 unspecified atom stereocenters. The van der Waals surface area contributed by atoms with Crippen molar-refractivity contribution in [1.82, 2.24) is 0 Å². The third kappa shape index (κ3) is 3.78. The van der Waals surface area contributed by atoms with Crippen molar-refractivity contribution in [2.75, 3.05) is 37.2 Å². The van der Waals surface area contributed by atoms with E-state index in [0.29, 0.717) is 11.4 Å². The summed E-state index contributed by atoms with van der Waals surface area (Å²) in [6.07, 6.45) is 1.76. The van der Waals surface area contributed by atoms with Crippen molar-refractivity contribution in [3.05, 3.63) is 18.2 Å². The van der Waals surface area contributed by atoms with Crippen LogP contribution in [0.1, 0.15) is 19.8 Å². The summed E-state index contributed by atoms with van der Waals surface area (Å²) in [6.45, 7) is 4.10. The fourth-order valence-electron chi connectivity index (χ4n) is 1.85. The monoisotopic (exact) mass is 254 g/mol. The van der Waals surface area contributed by atoms with Gasteiger partial charge in [0.15, 0.2) is 0 Å². The standard InChI is InChI=1S/C13H22N2O3/c1-3-15(8-4-5-9-16)11-6-7-12(14-17)13(10-11)18-2/h6-7,10,14,16-17H,3-5,8-9H2,1-2H3. The molecule has 0 spiro atoms. The molecule has 1 aromatic rings. The number of unbranched alkanes of at least 4 members (excludes halogenated alkanes) is 1. The molecule has 5 heteroatoms. The average Bonchev–Trinajstić information content (AvgIpc) is 2.43. The quantitative estimate of drug-likeness (QED) is 0.490. The van der Waals surface area contributed by atoms with Crippen LogP contribution in [0.3, 0.4) is 0 Å². The number of methoxy groups -OCH3 is 1. The highest BCUT2D eigenvalue weighted by Crippen LogP contribution is 2.29. The molecule has 102 valence electrons. The van der Waals surface area contributed by atoms with E-state index in [9.17, 15) is 0 Å². The van der Waals surface area contributed by atoms with Crippen molar-refractivity contribution in [2.24, 2.45) is 0 Å². The molecule has 0 atom stereocenters. The van der Waals surface area contributed by atoms with Gasteiger partial charge in [-0.2, -0.15) is 0 Å². The fourth-order valence-corrected chi connectivity index (χ4v) is 1.85. The van der Waals surface area contributed by atoms with E-state index in [-0.39, 0.29) is 6.61 Å². The third-order valence-electron chi connectivity index (χ3n) is 2.89. The van der Waals surface area contributed by atoms with Gasteiger partial charge in [-0.25, -0.2) is 0 Å². The minimum Gasteiger partial charge on any atom is -0.494 e. The summed E-state index contributed by atoms with van der Waals surface area (Å²) in [7, 11) is 1.57. The SMILES string of the molecule is CCN(CCCCO)c1ccc(NO)c(OC)c1. The maximum atomic E-state index is 8.94. The lowest BCUT2D eigenvalue weighted by atomic mass is 10.2. The lowest BCUT2D eigenvalue weighted by molar-refractivity contribution is 0.285. The summed E-state index contributed by atoms with van der Waals surface area (Å²) in [4.78, 5) is 2.21. The number of rotatable bonds is 8. The molecule has 0 aromatic heterocycles. The van der Waals surface area contributed by atoms with Crippen LogP contribution in [0.25, 0.3) is 0 Å². The van der Waals surface area contributed by atoms with Gasteiger partial charge in [0, 0.05) is 31.5 Å². The summed E-state index contributed by atoms with van der Waals surface area (Å²) < 4.78 is 5.21. The summed E-state index contributed by atoms with van der Waals surface area (Å²) in [6, 6.07) is 5.60. The molecular weight excluding hydrogens is 232 g/mol. The van der Waals surface area contributed by atoms with Gasteiger partial charge in [0.1, 0.15) is 11.4 Å². The van der Waals surface area contributed by atoms with Gasteiger partial charge in [0.25, 0.3) is 0 Å². The lowest BCUT2D eigenvalue weighted by Gasteiger charge is -2.24. The summed E-state index contributed by atoms with van der Waals surface area (Å²) >= 11 is 0. The van der Waals surface area contributed by atoms with Gasteiger partial charge in [-0.1, -0.05) is 0 Å². The van der Waals surface area contributed by atoms with Crippen LogP contribution in [0, 0.1) is 0 Å². The largest absolute Gasteiger partial charge is 0.494 e. The summed E-state index contributed by atoms with van der Waals surface area (Å²) in [5, 5.41) is 17.7. The Morgan fingerprint density at radius 2 is 2.11 bits per heavy atom. The van der Waals surface area contributed by atoms with Crippen molar-refractivity contribution in [2.45, 2.75) is 19.8 Å². The molecule has 0 aliphatic rings. The van der Waals surface area contributed by atoms with Crippen LogP contribution in [-0.4, -0.2) is 37.1 Å². The van der Waals surface area contributed by atoms with Gasteiger partial charge in [0.2, 0.25) is 0 Å². The fraction of sp³-hybridized carbons (Fsp3) is 0.538. The first-order valence-electron chi connectivity index (χ1n) is 6.20. The van der Waals surface area contributed by atoms with Crippen LogP contribution in [0.4, 0.5) is 11.4 Å². The second-order valence-corrected chi connectivity index (χ2v) is 4.01. The van der Waals surface area contributed by atoms with Crippen LogP contribution in [0.15, 0.2) is 18.2 Å². The molecule has 0 aliphatic heterocycles. The first-order chi connectivity index (χ1) is 8.76. The molecule has 18 heavy (non-hydrogen) atoms. The molecule has 0 fully saturated rings. The number of hydrogen-bond donors (Lipinski definition) is 3. The van der Waals surface area contributed by atoms with E-state index in [1.807, 2.05) is 12.1 Å². The van der Waals surface area contributed by atoms with E-state index in [1.54, 1.807) is 13.2 Å². The summed E-state index contributed by atoms with van der Waals surface area (Å²) in [5.74, 6) is 0.607. The minimum atomic E-state index is 0.230. The minimum absolute atomic E-state index is 0.230. The normalized spacial score (nSPS) is 10.2.